The van der Waals surface area contributed by atoms with Gasteiger partial charge in [0.2, 0.25) is 10.0 Å². The molecular formula is C34H43F3N4O4S. The summed E-state index contributed by atoms with van der Waals surface area (Å²) in [7, 11) is -3.55. The van der Waals surface area contributed by atoms with E-state index in [-0.39, 0.29) is 24.4 Å². The Morgan fingerprint density at radius 2 is 1.70 bits per heavy atom. The molecule has 3 aromatic rings. The maximum absolute atomic E-state index is 13.9. The first-order valence-corrected chi connectivity index (χ1v) is 17.2. The Bertz CT molecular complexity index is 1580. The number of rotatable bonds is 13. The van der Waals surface area contributed by atoms with Gasteiger partial charge in [0.1, 0.15) is 0 Å². The molecule has 3 aromatic carbocycles. The summed E-state index contributed by atoms with van der Waals surface area (Å²) in [5.74, 6) is -0.426. The van der Waals surface area contributed by atoms with Gasteiger partial charge in [-0.3, -0.25) is 9.10 Å². The van der Waals surface area contributed by atoms with Crippen molar-refractivity contribution in [1.82, 2.24) is 10.6 Å². The van der Waals surface area contributed by atoms with E-state index >= 15 is 0 Å². The van der Waals surface area contributed by atoms with Crippen LogP contribution in [0.2, 0.25) is 0 Å². The Balaban J connectivity index is 1.60. The zero-order chi connectivity index (χ0) is 33.5. The number of anilines is 2. The van der Waals surface area contributed by atoms with Gasteiger partial charge in [-0.1, -0.05) is 48.5 Å². The fraction of sp³-hybridized carbons (Fsp3) is 0.441. The Kier molecular flexibility index (Phi) is 11.7. The molecule has 0 radical (unpaired) electrons. The molecule has 0 bridgehead atoms. The van der Waals surface area contributed by atoms with Gasteiger partial charge in [0.05, 0.1) is 29.1 Å². The molecule has 250 valence electrons. The number of aliphatic hydroxyl groups excluding tert-OH is 1. The van der Waals surface area contributed by atoms with Gasteiger partial charge in [-0.2, -0.15) is 13.2 Å². The van der Waals surface area contributed by atoms with E-state index in [1.807, 2.05) is 51.1 Å². The molecule has 1 fully saturated rings. The van der Waals surface area contributed by atoms with Crippen molar-refractivity contribution in [3.63, 3.8) is 0 Å². The van der Waals surface area contributed by atoms with Crippen LogP contribution in [0.25, 0.3) is 0 Å². The molecule has 0 saturated carbocycles. The number of aliphatic hydroxyl groups is 1. The molecule has 8 nitrogen and oxygen atoms in total. The lowest BCUT2D eigenvalue weighted by Crippen LogP contribution is -2.48. The summed E-state index contributed by atoms with van der Waals surface area (Å²) in [5.41, 5.74) is 2.80. The van der Waals surface area contributed by atoms with E-state index < -0.39 is 39.8 Å². The second-order valence-corrected chi connectivity index (χ2v) is 13.6. The molecule has 3 N–H and O–H groups in total. The number of benzene rings is 3. The highest BCUT2D eigenvalue weighted by Gasteiger charge is 2.31. The average Bonchev–Trinajstić information content (AvgIpc) is 3.02. The highest BCUT2D eigenvalue weighted by Crippen LogP contribution is 2.35. The molecule has 46 heavy (non-hydrogen) atoms. The third-order valence-corrected chi connectivity index (χ3v) is 10.2. The lowest BCUT2D eigenvalue weighted by Gasteiger charge is -2.33. The van der Waals surface area contributed by atoms with Crippen molar-refractivity contribution in [1.29, 1.82) is 0 Å². The molecule has 0 aromatic heterocycles. The maximum atomic E-state index is 13.9. The van der Waals surface area contributed by atoms with Crippen LogP contribution in [0.5, 0.6) is 0 Å². The molecule has 1 aliphatic rings. The van der Waals surface area contributed by atoms with Crippen LogP contribution in [-0.4, -0.2) is 63.5 Å². The van der Waals surface area contributed by atoms with Crippen LogP contribution in [0.4, 0.5) is 24.5 Å². The molecule has 1 heterocycles. The van der Waals surface area contributed by atoms with Gasteiger partial charge < -0.3 is 20.6 Å². The van der Waals surface area contributed by atoms with Gasteiger partial charge in [-0.15, -0.1) is 0 Å². The van der Waals surface area contributed by atoms with Gasteiger partial charge in [-0.05, 0) is 74.9 Å². The fourth-order valence-electron chi connectivity index (χ4n) is 5.79. The normalized spacial score (nSPS) is 16.1. The molecule has 1 aliphatic heterocycles. The number of nitrogens with zero attached hydrogens (tertiary/aromatic N) is 2. The number of carbonyl (C=O) groups is 1. The first-order chi connectivity index (χ1) is 21.8. The Labute approximate surface area is 269 Å². The van der Waals surface area contributed by atoms with Crippen molar-refractivity contribution in [3.05, 3.63) is 94.5 Å². The smallest absolute Gasteiger partial charge is 0.390 e. The van der Waals surface area contributed by atoms with E-state index in [0.29, 0.717) is 50.1 Å². The second kappa shape index (κ2) is 15.3. The molecule has 12 heteroatoms. The summed E-state index contributed by atoms with van der Waals surface area (Å²) in [5, 5.41) is 17.3. The lowest BCUT2D eigenvalue weighted by molar-refractivity contribution is -0.137. The van der Waals surface area contributed by atoms with Crippen LogP contribution in [0.3, 0.4) is 0 Å². The number of hydrogen-bond acceptors (Lipinski definition) is 6. The highest BCUT2D eigenvalue weighted by atomic mass is 32.2. The molecule has 1 amide bonds. The van der Waals surface area contributed by atoms with E-state index in [0.717, 1.165) is 28.9 Å². The van der Waals surface area contributed by atoms with Crippen molar-refractivity contribution < 1.29 is 31.5 Å². The zero-order valence-electron chi connectivity index (χ0n) is 26.5. The van der Waals surface area contributed by atoms with Gasteiger partial charge in [0, 0.05) is 44.0 Å². The average molecular weight is 661 g/mol. The minimum atomic E-state index is -4.46. The number of carbonyl (C=O) groups excluding carboxylic acids is 1. The van der Waals surface area contributed by atoms with Crippen molar-refractivity contribution in [3.8, 4) is 0 Å². The molecule has 2 atom stereocenters. The zero-order valence-corrected chi connectivity index (χ0v) is 27.3. The minimum absolute atomic E-state index is 0.00386. The molecular weight excluding hydrogens is 617 g/mol. The summed E-state index contributed by atoms with van der Waals surface area (Å²) in [6.45, 7) is 7.58. The van der Waals surface area contributed by atoms with Crippen molar-refractivity contribution in [2.75, 3.05) is 41.1 Å². The van der Waals surface area contributed by atoms with Crippen LogP contribution in [0, 0.1) is 6.92 Å². The van der Waals surface area contributed by atoms with Crippen LogP contribution in [0.1, 0.15) is 59.3 Å². The number of amides is 1. The van der Waals surface area contributed by atoms with Crippen LogP contribution >= 0.6 is 0 Å². The highest BCUT2D eigenvalue weighted by molar-refractivity contribution is 7.92. The second-order valence-electron chi connectivity index (χ2n) is 11.6. The quantitative estimate of drug-likeness (QED) is 0.231. The van der Waals surface area contributed by atoms with E-state index in [1.54, 1.807) is 18.2 Å². The van der Waals surface area contributed by atoms with Gasteiger partial charge in [0.25, 0.3) is 5.91 Å². The van der Waals surface area contributed by atoms with Crippen molar-refractivity contribution >= 4 is 27.3 Å². The molecule has 4 rings (SSSR count). The van der Waals surface area contributed by atoms with Crippen LogP contribution in [0.15, 0.2) is 66.7 Å². The fourth-order valence-corrected chi connectivity index (χ4v) is 7.48. The lowest BCUT2D eigenvalue weighted by atomic mass is 9.99. The summed E-state index contributed by atoms with van der Waals surface area (Å²) < 4.78 is 67.1. The Morgan fingerprint density at radius 3 is 2.35 bits per heavy atom. The first-order valence-electron chi connectivity index (χ1n) is 15.6. The molecule has 0 unspecified atom stereocenters. The predicted molar refractivity (Wildman–Crippen MR) is 176 cm³/mol. The summed E-state index contributed by atoms with van der Waals surface area (Å²) in [4.78, 5) is 16.0. The van der Waals surface area contributed by atoms with E-state index in [9.17, 15) is 31.5 Å². The standard InChI is InChI=1S/C34H43F3N4O4S/c1-4-40(5-2)30-20-27(21-31(24(30)3)41-16-9-10-17-46(41,44)45)33(43)39-29(19-25-12-7-6-8-13-25)32(42)23-38-22-26-14-11-15-28(18-26)34(35,36)37/h6-8,11-15,18,20-21,29,32,38,42H,4-5,9-10,16-17,19,22-23H2,1-3H3,(H,39,43)/t29-,32+/m0/s1. The number of nitrogens with one attached hydrogen (secondary N) is 2. The predicted octanol–water partition coefficient (Wildman–Crippen LogP) is 5.28. The van der Waals surface area contributed by atoms with E-state index in [1.165, 1.54) is 10.4 Å². The molecule has 0 spiro atoms. The third kappa shape index (κ3) is 8.80. The summed E-state index contributed by atoms with van der Waals surface area (Å²) >= 11 is 0. The molecule has 0 aliphatic carbocycles. The largest absolute Gasteiger partial charge is 0.416 e. The van der Waals surface area contributed by atoms with Crippen LogP contribution in [-0.2, 0) is 29.2 Å². The molecule has 1 saturated heterocycles. The summed E-state index contributed by atoms with van der Waals surface area (Å²) in [6.07, 6.45) is -3.96. The van der Waals surface area contributed by atoms with Crippen LogP contribution < -0.4 is 19.8 Å². The van der Waals surface area contributed by atoms with E-state index in [4.69, 9.17) is 0 Å². The summed E-state index contributed by atoms with van der Waals surface area (Å²) in [6, 6.07) is 16.9. The topological polar surface area (TPSA) is 102 Å². The third-order valence-electron chi connectivity index (χ3n) is 8.35. The number of hydrogen-bond donors (Lipinski definition) is 3. The van der Waals surface area contributed by atoms with Crippen molar-refractivity contribution in [2.45, 2.75) is 64.9 Å². The van der Waals surface area contributed by atoms with Crippen molar-refractivity contribution in [2.24, 2.45) is 0 Å². The Hall–Kier alpha value is -3.61. The van der Waals surface area contributed by atoms with Gasteiger partial charge in [0.15, 0.2) is 0 Å². The maximum Gasteiger partial charge on any atom is 0.416 e. The Morgan fingerprint density at radius 1 is 1.00 bits per heavy atom. The van der Waals surface area contributed by atoms with Gasteiger partial charge >= 0.3 is 6.18 Å². The van der Waals surface area contributed by atoms with Gasteiger partial charge in [-0.25, -0.2) is 8.42 Å². The van der Waals surface area contributed by atoms with E-state index in [2.05, 4.69) is 15.5 Å². The monoisotopic (exact) mass is 660 g/mol. The number of alkyl halides is 3. The minimum Gasteiger partial charge on any atom is -0.390 e. The SMILES string of the molecule is CCN(CC)c1cc(C(=O)N[C@@H](Cc2ccccc2)[C@H](O)CNCc2cccc(C(F)(F)F)c2)cc(N2CCCCS2(=O)=O)c1C. The number of halogens is 3. The number of sulfonamides is 1. The first kappa shape index (κ1) is 35.2.